The van der Waals surface area contributed by atoms with Crippen molar-refractivity contribution in [1.29, 1.82) is 0 Å². The summed E-state index contributed by atoms with van der Waals surface area (Å²) in [6.07, 6.45) is -4.34. The number of carbonyl (C=O) groups is 1. The van der Waals surface area contributed by atoms with Crippen molar-refractivity contribution in [3.05, 3.63) is 30.1 Å². The third kappa shape index (κ3) is 6.40. The number of halogens is 4. The Hall–Kier alpha value is -1.88. The maximum Gasteiger partial charge on any atom is 0.405 e. The Balaban J connectivity index is 1.79. The first-order chi connectivity index (χ1) is 10.8. The second kappa shape index (κ2) is 7.59. The van der Waals surface area contributed by atoms with E-state index >= 15 is 0 Å². The zero-order chi connectivity index (χ0) is 16.9. The van der Waals surface area contributed by atoms with E-state index in [0.29, 0.717) is 10.0 Å². The molecule has 0 spiro atoms. The Bertz CT molecular complexity index is 677. The molecule has 2 N–H and O–H groups in total. The smallest absolute Gasteiger partial charge is 0.351 e. The molecular formula is C12H10F4N4OS2. The average Bonchev–Trinajstić information content (AvgIpc) is 2.90. The molecule has 2 rings (SSSR count). The third-order valence-electron chi connectivity index (χ3n) is 2.28. The number of anilines is 2. The Morgan fingerprint density at radius 3 is 2.78 bits per heavy atom. The quantitative estimate of drug-likeness (QED) is 0.606. The van der Waals surface area contributed by atoms with Crippen molar-refractivity contribution in [2.45, 2.75) is 10.5 Å². The number of aromatic nitrogens is 2. The largest absolute Gasteiger partial charge is 0.405 e. The molecule has 0 atom stereocenters. The van der Waals surface area contributed by atoms with Gasteiger partial charge < -0.3 is 10.6 Å². The Kier molecular flexibility index (Phi) is 5.77. The van der Waals surface area contributed by atoms with Gasteiger partial charge in [0.25, 0.3) is 0 Å². The summed E-state index contributed by atoms with van der Waals surface area (Å²) < 4.78 is 49.5. The van der Waals surface area contributed by atoms with Crippen molar-refractivity contribution in [3.63, 3.8) is 0 Å². The normalized spacial score (nSPS) is 11.3. The van der Waals surface area contributed by atoms with E-state index in [0.717, 1.165) is 23.1 Å². The minimum atomic E-state index is -4.34. The van der Waals surface area contributed by atoms with Crippen LogP contribution in [-0.2, 0) is 4.79 Å². The van der Waals surface area contributed by atoms with Crippen LogP contribution in [0.2, 0.25) is 0 Å². The summed E-state index contributed by atoms with van der Waals surface area (Å²) in [6, 6.07) is 5.42. The summed E-state index contributed by atoms with van der Waals surface area (Å²) >= 11 is 1.94. The van der Waals surface area contributed by atoms with Crippen LogP contribution in [-0.4, -0.2) is 34.6 Å². The van der Waals surface area contributed by atoms with E-state index in [1.807, 2.05) is 0 Å². The first kappa shape index (κ1) is 17.5. The maximum atomic E-state index is 13.0. The molecule has 0 unspecified atom stereocenters. The lowest BCUT2D eigenvalue weighted by atomic mass is 10.3. The van der Waals surface area contributed by atoms with Gasteiger partial charge in [-0.15, -0.1) is 10.2 Å². The fraction of sp³-hybridized carbons (Fsp3) is 0.250. The van der Waals surface area contributed by atoms with Gasteiger partial charge in [0.1, 0.15) is 12.4 Å². The van der Waals surface area contributed by atoms with Crippen LogP contribution in [0.4, 0.5) is 28.4 Å². The van der Waals surface area contributed by atoms with Crippen LogP contribution in [0.1, 0.15) is 0 Å². The molecule has 124 valence electrons. The Morgan fingerprint density at radius 1 is 1.30 bits per heavy atom. The number of nitrogens with zero attached hydrogens (tertiary/aromatic N) is 2. The molecule has 1 amide bonds. The number of hydrogen-bond acceptors (Lipinski definition) is 6. The van der Waals surface area contributed by atoms with E-state index in [9.17, 15) is 22.4 Å². The van der Waals surface area contributed by atoms with Crippen molar-refractivity contribution >= 4 is 39.8 Å². The Labute approximate surface area is 136 Å². The molecule has 1 heterocycles. The van der Waals surface area contributed by atoms with Crippen molar-refractivity contribution in [2.75, 3.05) is 22.9 Å². The number of alkyl halides is 3. The lowest BCUT2D eigenvalue weighted by Crippen LogP contribution is -2.21. The summed E-state index contributed by atoms with van der Waals surface area (Å²) in [5, 5.41) is 11.8. The van der Waals surface area contributed by atoms with E-state index in [1.54, 1.807) is 0 Å². The zero-order valence-electron chi connectivity index (χ0n) is 11.4. The van der Waals surface area contributed by atoms with Crippen molar-refractivity contribution in [3.8, 4) is 0 Å². The van der Waals surface area contributed by atoms with Crippen LogP contribution in [0.25, 0.3) is 0 Å². The summed E-state index contributed by atoms with van der Waals surface area (Å²) in [5.41, 5.74) is 0.320. The number of nitrogens with one attached hydrogen (secondary N) is 2. The molecule has 0 saturated heterocycles. The van der Waals surface area contributed by atoms with Gasteiger partial charge in [-0.3, -0.25) is 4.79 Å². The van der Waals surface area contributed by atoms with Gasteiger partial charge in [0.05, 0.1) is 5.75 Å². The van der Waals surface area contributed by atoms with E-state index < -0.39 is 18.5 Å². The predicted molar refractivity (Wildman–Crippen MR) is 80.2 cm³/mol. The van der Waals surface area contributed by atoms with E-state index in [1.165, 1.54) is 24.3 Å². The summed E-state index contributed by atoms with van der Waals surface area (Å²) in [5.74, 6) is -0.884. The van der Waals surface area contributed by atoms with Crippen molar-refractivity contribution in [1.82, 2.24) is 10.2 Å². The van der Waals surface area contributed by atoms with Gasteiger partial charge in [0.15, 0.2) is 4.34 Å². The van der Waals surface area contributed by atoms with Gasteiger partial charge in [-0.1, -0.05) is 29.2 Å². The monoisotopic (exact) mass is 366 g/mol. The van der Waals surface area contributed by atoms with Gasteiger partial charge in [-0.05, 0) is 18.2 Å². The van der Waals surface area contributed by atoms with Crippen LogP contribution in [0, 0.1) is 5.82 Å². The highest BCUT2D eigenvalue weighted by atomic mass is 32.2. The molecule has 23 heavy (non-hydrogen) atoms. The molecule has 0 fully saturated rings. The number of amides is 1. The lowest BCUT2D eigenvalue weighted by Gasteiger charge is -2.05. The van der Waals surface area contributed by atoms with Crippen LogP contribution in [0.3, 0.4) is 0 Å². The van der Waals surface area contributed by atoms with Gasteiger partial charge in [0.2, 0.25) is 11.0 Å². The molecule has 2 aromatic rings. The number of carbonyl (C=O) groups excluding carboxylic acids is 1. The molecule has 11 heteroatoms. The maximum absolute atomic E-state index is 13.0. The topological polar surface area (TPSA) is 66.9 Å². The van der Waals surface area contributed by atoms with Gasteiger partial charge >= 0.3 is 6.18 Å². The molecule has 5 nitrogen and oxygen atoms in total. The van der Waals surface area contributed by atoms with Crippen LogP contribution in [0.5, 0.6) is 0 Å². The second-order valence-corrected chi connectivity index (χ2v) is 6.39. The number of hydrogen-bond donors (Lipinski definition) is 2. The fourth-order valence-electron chi connectivity index (χ4n) is 1.41. The third-order valence-corrected chi connectivity index (χ3v) is 4.30. The van der Waals surface area contributed by atoms with Gasteiger partial charge in [0, 0.05) is 5.69 Å². The van der Waals surface area contributed by atoms with Gasteiger partial charge in [-0.2, -0.15) is 13.2 Å². The highest BCUT2D eigenvalue weighted by Crippen LogP contribution is 2.26. The van der Waals surface area contributed by atoms with E-state index in [-0.39, 0.29) is 16.8 Å². The van der Waals surface area contributed by atoms with Crippen LogP contribution >= 0.6 is 23.1 Å². The molecule has 0 aliphatic heterocycles. The Morgan fingerprint density at radius 2 is 2.09 bits per heavy atom. The van der Waals surface area contributed by atoms with Crippen LogP contribution in [0.15, 0.2) is 28.6 Å². The standard InChI is InChI=1S/C12H10F4N4OS2/c13-7-2-1-3-8(4-7)18-9(21)5-22-11-20-19-10(23-11)17-6-12(14,15)16/h1-4H,5-6H2,(H,17,19)(H,18,21). The first-order valence-electron chi connectivity index (χ1n) is 6.14. The zero-order valence-corrected chi connectivity index (χ0v) is 13.0. The highest BCUT2D eigenvalue weighted by molar-refractivity contribution is 8.01. The van der Waals surface area contributed by atoms with Gasteiger partial charge in [-0.25, -0.2) is 4.39 Å². The average molecular weight is 366 g/mol. The molecule has 1 aromatic carbocycles. The minimum Gasteiger partial charge on any atom is -0.351 e. The molecule has 0 bridgehead atoms. The van der Waals surface area contributed by atoms with Crippen molar-refractivity contribution in [2.24, 2.45) is 0 Å². The summed E-state index contributed by atoms with van der Waals surface area (Å²) in [7, 11) is 0. The number of benzene rings is 1. The molecule has 0 aliphatic rings. The first-order valence-corrected chi connectivity index (χ1v) is 7.94. The number of rotatable bonds is 6. The second-order valence-electron chi connectivity index (χ2n) is 4.19. The summed E-state index contributed by atoms with van der Waals surface area (Å²) in [4.78, 5) is 11.7. The summed E-state index contributed by atoms with van der Waals surface area (Å²) in [6.45, 7) is -1.20. The van der Waals surface area contributed by atoms with Crippen LogP contribution < -0.4 is 10.6 Å². The lowest BCUT2D eigenvalue weighted by molar-refractivity contribution is -0.115. The molecule has 1 aromatic heterocycles. The molecule has 0 saturated carbocycles. The fourth-order valence-corrected chi connectivity index (χ4v) is 2.95. The highest BCUT2D eigenvalue weighted by Gasteiger charge is 2.27. The van der Waals surface area contributed by atoms with E-state index in [4.69, 9.17) is 0 Å². The van der Waals surface area contributed by atoms with Crippen molar-refractivity contribution < 1.29 is 22.4 Å². The molecule has 0 radical (unpaired) electrons. The number of thioether (sulfide) groups is 1. The predicted octanol–water partition coefficient (Wildman–Crippen LogP) is 3.38. The van der Waals surface area contributed by atoms with E-state index in [2.05, 4.69) is 20.8 Å². The molecular weight excluding hydrogens is 356 g/mol. The minimum absolute atomic E-state index is 0.0234. The molecule has 0 aliphatic carbocycles. The SMILES string of the molecule is O=C(CSc1nnc(NCC(F)(F)F)s1)Nc1cccc(F)c1.